The number of hydrogen-bond donors (Lipinski definition) is 0. The number of carbonyl (C=O) groups excluding carboxylic acids is 3. The second kappa shape index (κ2) is 5.97. The van der Waals surface area contributed by atoms with Gasteiger partial charge in [-0.1, -0.05) is 17.2 Å². The van der Waals surface area contributed by atoms with E-state index in [9.17, 15) is 14.4 Å². The van der Waals surface area contributed by atoms with Crippen LogP contribution >= 0.6 is 0 Å². The van der Waals surface area contributed by atoms with Crippen LogP contribution in [0.3, 0.4) is 0 Å². The average molecular weight is 344 g/mol. The van der Waals surface area contributed by atoms with Crippen LogP contribution in [0.2, 0.25) is 0 Å². The lowest BCUT2D eigenvalue weighted by Gasteiger charge is -2.30. The van der Waals surface area contributed by atoms with Crippen LogP contribution in [0, 0.1) is 11.8 Å². The first-order valence-electron chi connectivity index (χ1n) is 8.70. The molecule has 0 radical (unpaired) electrons. The lowest BCUT2D eigenvalue weighted by atomic mass is 9.78. The molecule has 25 heavy (non-hydrogen) atoms. The number of ketones is 1. The molecule has 3 rings (SSSR count). The fourth-order valence-corrected chi connectivity index (χ4v) is 4.20. The first-order valence-corrected chi connectivity index (χ1v) is 8.70. The van der Waals surface area contributed by atoms with Crippen LogP contribution < -0.4 is 0 Å². The van der Waals surface area contributed by atoms with Crippen LogP contribution in [-0.4, -0.2) is 29.4 Å². The van der Waals surface area contributed by atoms with E-state index in [1.807, 2.05) is 13.8 Å². The molecule has 1 heterocycles. The van der Waals surface area contributed by atoms with E-state index in [1.165, 1.54) is 0 Å². The molecule has 5 heteroatoms. The lowest BCUT2D eigenvalue weighted by molar-refractivity contribution is -0.170. The van der Waals surface area contributed by atoms with Gasteiger partial charge in [-0.15, -0.1) is 0 Å². The standard InChI is InChI=1S/C20H24O5/c1-6-10(2)18(22)25-20(5)13-8-7-11(3)15-14(21)9-12(4)16(15)17(13)24-19(20)23/h6,9,13,16-17H,7-8H2,1-5H3/b10-6-/t13-,16-,17+,20+/m1/s1. The summed E-state index contributed by atoms with van der Waals surface area (Å²) in [5.74, 6) is -1.53. The predicted molar refractivity (Wildman–Crippen MR) is 91.5 cm³/mol. The number of allylic oxidation sites excluding steroid dienone is 3. The Morgan fingerprint density at radius 2 is 2.04 bits per heavy atom. The van der Waals surface area contributed by atoms with Crippen LogP contribution in [-0.2, 0) is 23.9 Å². The third-order valence-corrected chi connectivity index (χ3v) is 5.86. The van der Waals surface area contributed by atoms with Crippen molar-refractivity contribution in [2.24, 2.45) is 11.8 Å². The highest BCUT2D eigenvalue weighted by Gasteiger charge is 2.61. The monoisotopic (exact) mass is 344 g/mol. The van der Waals surface area contributed by atoms with Crippen LogP contribution in [0.25, 0.3) is 0 Å². The van der Waals surface area contributed by atoms with E-state index >= 15 is 0 Å². The summed E-state index contributed by atoms with van der Waals surface area (Å²) in [7, 11) is 0. The van der Waals surface area contributed by atoms with Crippen molar-refractivity contribution in [3.05, 3.63) is 34.4 Å². The summed E-state index contributed by atoms with van der Waals surface area (Å²) >= 11 is 0. The molecule has 0 spiro atoms. The fourth-order valence-electron chi connectivity index (χ4n) is 4.20. The molecule has 0 aromatic rings. The van der Waals surface area contributed by atoms with Gasteiger partial charge in [0.1, 0.15) is 6.10 Å². The summed E-state index contributed by atoms with van der Waals surface area (Å²) in [6.45, 7) is 8.89. The van der Waals surface area contributed by atoms with Crippen molar-refractivity contribution in [3.8, 4) is 0 Å². The van der Waals surface area contributed by atoms with E-state index in [2.05, 4.69) is 0 Å². The van der Waals surface area contributed by atoms with Gasteiger partial charge in [0.25, 0.3) is 0 Å². The van der Waals surface area contributed by atoms with Gasteiger partial charge in [-0.25, -0.2) is 9.59 Å². The Hall–Kier alpha value is -2.17. The minimum Gasteiger partial charge on any atom is -0.458 e. The molecule has 0 bridgehead atoms. The highest BCUT2D eigenvalue weighted by molar-refractivity contribution is 6.09. The second-order valence-corrected chi connectivity index (χ2v) is 7.41. The second-order valence-electron chi connectivity index (χ2n) is 7.41. The van der Waals surface area contributed by atoms with Crippen molar-refractivity contribution >= 4 is 17.7 Å². The first kappa shape index (κ1) is 17.6. The molecule has 0 aromatic heterocycles. The number of carbonyl (C=O) groups is 3. The minimum atomic E-state index is -1.33. The summed E-state index contributed by atoms with van der Waals surface area (Å²) in [6, 6.07) is 0. The molecular weight excluding hydrogens is 320 g/mol. The zero-order valence-electron chi connectivity index (χ0n) is 15.3. The van der Waals surface area contributed by atoms with Crippen molar-refractivity contribution in [3.63, 3.8) is 0 Å². The molecule has 1 aliphatic heterocycles. The van der Waals surface area contributed by atoms with Crippen LogP contribution in [0.1, 0.15) is 47.5 Å². The number of rotatable bonds is 2. The Morgan fingerprint density at radius 3 is 2.68 bits per heavy atom. The maximum atomic E-state index is 12.6. The molecule has 0 amide bonds. The molecular formula is C20H24O5. The van der Waals surface area contributed by atoms with Crippen molar-refractivity contribution in [2.45, 2.75) is 59.2 Å². The van der Waals surface area contributed by atoms with E-state index in [1.54, 1.807) is 32.9 Å². The Labute approximate surface area is 147 Å². The molecule has 134 valence electrons. The normalized spacial score (nSPS) is 35.0. The topological polar surface area (TPSA) is 69.7 Å². The molecule has 1 fully saturated rings. The van der Waals surface area contributed by atoms with Gasteiger partial charge >= 0.3 is 11.9 Å². The predicted octanol–water partition coefficient (Wildman–Crippen LogP) is 3.05. The van der Waals surface area contributed by atoms with Crippen LogP contribution in [0.4, 0.5) is 0 Å². The van der Waals surface area contributed by atoms with Gasteiger partial charge in [-0.3, -0.25) is 4.79 Å². The molecule has 2 aliphatic carbocycles. The zero-order valence-corrected chi connectivity index (χ0v) is 15.3. The molecule has 0 N–H and O–H groups in total. The highest BCUT2D eigenvalue weighted by Crippen LogP contribution is 2.50. The maximum absolute atomic E-state index is 12.6. The molecule has 0 unspecified atom stereocenters. The molecule has 3 aliphatic rings. The summed E-state index contributed by atoms with van der Waals surface area (Å²) in [5, 5.41) is 0. The molecule has 5 nitrogen and oxygen atoms in total. The number of esters is 2. The zero-order chi connectivity index (χ0) is 18.5. The minimum absolute atomic E-state index is 0.00653. The number of hydrogen-bond acceptors (Lipinski definition) is 5. The Balaban J connectivity index is 1.98. The molecule has 0 aromatic carbocycles. The Kier molecular flexibility index (Phi) is 4.21. The van der Waals surface area contributed by atoms with E-state index < -0.39 is 23.6 Å². The summed E-state index contributed by atoms with van der Waals surface area (Å²) in [4.78, 5) is 37.3. The smallest absolute Gasteiger partial charge is 0.351 e. The summed E-state index contributed by atoms with van der Waals surface area (Å²) in [5.41, 5.74) is 1.82. The number of fused-ring (bicyclic) bond motifs is 3. The van der Waals surface area contributed by atoms with Gasteiger partial charge in [-0.2, -0.15) is 0 Å². The number of ether oxygens (including phenoxy) is 2. The highest BCUT2D eigenvalue weighted by atomic mass is 16.6. The maximum Gasteiger partial charge on any atom is 0.351 e. The first-order chi connectivity index (χ1) is 11.7. The third kappa shape index (κ3) is 2.57. The van der Waals surface area contributed by atoms with E-state index in [4.69, 9.17) is 9.47 Å². The van der Waals surface area contributed by atoms with Gasteiger partial charge in [0.15, 0.2) is 5.78 Å². The molecule has 4 atom stereocenters. The van der Waals surface area contributed by atoms with Crippen molar-refractivity contribution < 1.29 is 23.9 Å². The van der Waals surface area contributed by atoms with Crippen molar-refractivity contribution in [2.75, 3.05) is 0 Å². The van der Waals surface area contributed by atoms with Gasteiger partial charge < -0.3 is 9.47 Å². The summed E-state index contributed by atoms with van der Waals surface area (Å²) < 4.78 is 11.3. The SMILES string of the molecule is C/C=C(/C)C(=O)O[C@]1(C)C(=O)O[C@@H]2[C@@H]3C(C)=CC(=O)C3=C(C)CC[C@H]21. The van der Waals surface area contributed by atoms with Gasteiger partial charge in [0.05, 0.1) is 0 Å². The quantitative estimate of drug-likeness (QED) is 0.569. The van der Waals surface area contributed by atoms with E-state index in [-0.39, 0.29) is 17.6 Å². The van der Waals surface area contributed by atoms with Gasteiger partial charge in [-0.05, 0) is 53.5 Å². The fraction of sp³-hybridized carbons (Fsp3) is 0.550. The van der Waals surface area contributed by atoms with E-state index in [0.29, 0.717) is 18.4 Å². The van der Waals surface area contributed by atoms with Gasteiger partial charge in [0, 0.05) is 23.0 Å². The van der Waals surface area contributed by atoms with Gasteiger partial charge in [0.2, 0.25) is 5.60 Å². The van der Waals surface area contributed by atoms with Crippen molar-refractivity contribution in [1.29, 1.82) is 0 Å². The Morgan fingerprint density at radius 1 is 1.36 bits per heavy atom. The van der Waals surface area contributed by atoms with Crippen LogP contribution in [0.5, 0.6) is 0 Å². The average Bonchev–Trinajstić information content (AvgIpc) is 2.90. The van der Waals surface area contributed by atoms with Crippen LogP contribution in [0.15, 0.2) is 34.4 Å². The lowest BCUT2D eigenvalue weighted by Crippen LogP contribution is -2.44. The molecule has 0 saturated carbocycles. The third-order valence-electron chi connectivity index (χ3n) is 5.86. The largest absolute Gasteiger partial charge is 0.458 e. The van der Waals surface area contributed by atoms with E-state index in [0.717, 1.165) is 16.7 Å². The Bertz CT molecular complexity index is 754. The summed E-state index contributed by atoms with van der Waals surface area (Å²) in [6.07, 6.45) is 4.15. The van der Waals surface area contributed by atoms with Crippen molar-refractivity contribution in [1.82, 2.24) is 0 Å². The molecule has 1 saturated heterocycles.